The summed E-state index contributed by atoms with van der Waals surface area (Å²) >= 11 is 1.19. The Hall–Kier alpha value is -0.610. The van der Waals surface area contributed by atoms with E-state index in [1.54, 1.807) is 18.2 Å². The van der Waals surface area contributed by atoms with Crippen LogP contribution in [0.4, 0.5) is 8.78 Å². The van der Waals surface area contributed by atoms with Gasteiger partial charge in [0.15, 0.2) is 0 Å². The summed E-state index contributed by atoms with van der Waals surface area (Å²) < 4.78 is 27.3. The molecule has 0 amide bonds. The molecule has 4 heteroatoms. The molecule has 0 heterocycles. The highest BCUT2D eigenvalue weighted by Crippen LogP contribution is 2.33. The Morgan fingerprint density at radius 2 is 1.94 bits per heavy atom. The number of aliphatic hydroxyl groups is 1. The van der Waals surface area contributed by atoms with E-state index in [0.717, 1.165) is 0 Å². The fourth-order valence-electron chi connectivity index (χ4n) is 1.28. The molecule has 1 aromatic carbocycles. The van der Waals surface area contributed by atoms with Gasteiger partial charge in [-0.1, -0.05) is 37.3 Å². The second-order valence-electron chi connectivity index (χ2n) is 3.70. The minimum absolute atomic E-state index is 0.0467. The van der Waals surface area contributed by atoms with E-state index in [-0.39, 0.29) is 23.2 Å². The molecule has 0 saturated carbocycles. The van der Waals surface area contributed by atoms with Crippen LogP contribution >= 0.6 is 11.8 Å². The molecule has 0 saturated heterocycles. The van der Waals surface area contributed by atoms with Crippen LogP contribution in [-0.4, -0.2) is 22.7 Å². The number of halogens is 2. The molecule has 0 spiro atoms. The average Bonchev–Trinajstić information content (AvgIpc) is 2.28. The number of alkyl halides is 2. The fraction of sp³-hybridized carbons (Fsp3) is 0.500. The van der Waals surface area contributed by atoms with Gasteiger partial charge in [-0.25, -0.2) is 8.78 Å². The molecule has 0 fully saturated rings. The number of thioether (sulfide) groups is 1. The van der Waals surface area contributed by atoms with Crippen LogP contribution in [0.2, 0.25) is 0 Å². The van der Waals surface area contributed by atoms with Gasteiger partial charge in [0.2, 0.25) is 0 Å². The Labute approximate surface area is 98.9 Å². The number of rotatable bonds is 6. The molecule has 0 aliphatic heterocycles. The smallest absolute Gasteiger partial charge is 0.282 e. The lowest BCUT2D eigenvalue weighted by molar-refractivity contribution is 0.0230. The van der Waals surface area contributed by atoms with Gasteiger partial charge in [-0.05, 0) is 6.42 Å². The molecule has 0 aliphatic rings. The van der Waals surface area contributed by atoms with Crippen LogP contribution in [0.1, 0.15) is 18.9 Å². The van der Waals surface area contributed by atoms with Gasteiger partial charge in [0, 0.05) is 17.4 Å². The molecule has 0 radical (unpaired) electrons. The van der Waals surface area contributed by atoms with E-state index in [1.807, 2.05) is 6.92 Å². The van der Waals surface area contributed by atoms with Crippen molar-refractivity contribution in [3.63, 3.8) is 0 Å². The van der Waals surface area contributed by atoms with Crippen molar-refractivity contribution < 1.29 is 13.9 Å². The van der Waals surface area contributed by atoms with E-state index >= 15 is 0 Å². The molecule has 1 N–H and O–H groups in total. The van der Waals surface area contributed by atoms with Crippen molar-refractivity contribution in [2.75, 3.05) is 12.4 Å². The van der Waals surface area contributed by atoms with Crippen molar-refractivity contribution >= 4 is 11.8 Å². The van der Waals surface area contributed by atoms with Gasteiger partial charge in [-0.3, -0.25) is 0 Å². The van der Waals surface area contributed by atoms with Crippen LogP contribution in [-0.2, 0) is 5.92 Å². The SMILES string of the molecule is CC(CCO)SCC(F)(F)c1ccccc1. The highest BCUT2D eigenvalue weighted by atomic mass is 32.2. The normalized spacial score (nSPS) is 13.8. The summed E-state index contributed by atoms with van der Waals surface area (Å²) in [4.78, 5) is 0. The van der Waals surface area contributed by atoms with Crippen molar-refractivity contribution in [1.82, 2.24) is 0 Å². The van der Waals surface area contributed by atoms with Crippen LogP contribution in [0.15, 0.2) is 30.3 Å². The zero-order valence-electron chi connectivity index (χ0n) is 9.20. The molecule has 0 aliphatic carbocycles. The van der Waals surface area contributed by atoms with E-state index in [2.05, 4.69) is 0 Å². The van der Waals surface area contributed by atoms with E-state index in [1.165, 1.54) is 23.9 Å². The fourth-order valence-corrected chi connectivity index (χ4v) is 2.21. The minimum Gasteiger partial charge on any atom is -0.396 e. The standard InChI is InChI=1S/C12H16F2OS/c1-10(7-8-15)16-9-12(13,14)11-5-3-2-4-6-11/h2-6,10,15H,7-9H2,1H3. The van der Waals surface area contributed by atoms with E-state index in [4.69, 9.17) is 5.11 Å². The molecule has 1 aromatic rings. The largest absolute Gasteiger partial charge is 0.396 e. The molecule has 1 rings (SSSR count). The van der Waals surface area contributed by atoms with Crippen molar-refractivity contribution in [2.45, 2.75) is 24.5 Å². The Morgan fingerprint density at radius 1 is 1.31 bits per heavy atom. The van der Waals surface area contributed by atoms with Crippen LogP contribution in [0.5, 0.6) is 0 Å². The van der Waals surface area contributed by atoms with Gasteiger partial charge in [0.1, 0.15) is 0 Å². The lowest BCUT2D eigenvalue weighted by Crippen LogP contribution is -2.18. The summed E-state index contributed by atoms with van der Waals surface area (Å²) in [6, 6.07) is 7.84. The van der Waals surface area contributed by atoms with Crippen LogP contribution in [0.3, 0.4) is 0 Å². The lowest BCUT2D eigenvalue weighted by Gasteiger charge is -2.18. The molecule has 0 bridgehead atoms. The maximum Gasteiger partial charge on any atom is 0.282 e. The summed E-state index contributed by atoms with van der Waals surface area (Å²) in [5, 5.41) is 8.74. The quantitative estimate of drug-likeness (QED) is 0.831. The molecule has 16 heavy (non-hydrogen) atoms. The van der Waals surface area contributed by atoms with Crippen LogP contribution < -0.4 is 0 Å². The van der Waals surface area contributed by atoms with Crippen molar-refractivity contribution in [1.29, 1.82) is 0 Å². The average molecular weight is 246 g/mol. The predicted octanol–water partition coefficient (Wildman–Crippen LogP) is 3.28. The number of hydrogen-bond donors (Lipinski definition) is 1. The van der Waals surface area contributed by atoms with Gasteiger partial charge in [-0.2, -0.15) is 11.8 Å². The monoisotopic (exact) mass is 246 g/mol. The Bertz CT molecular complexity index is 303. The zero-order valence-corrected chi connectivity index (χ0v) is 10.0. The predicted molar refractivity (Wildman–Crippen MR) is 64.0 cm³/mol. The van der Waals surface area contributed by atoms with E-state index in [0.29, 0.717) is 6.42 Å². The molecule has 1 nitrogen and oxygen atoms in total. The van der Waals surface area contributed by atoms with Gasteiger partial charge in [0.05, 0.1) is 5.75 Å². The maximum absolute atomic E-state index is 13.7. The highest BCUT2D eigenvalue weighted by molar-refractivity contribution is 7.99. The van der Waals surface area contributed by atoms with E-state index < -0.39 is 5.92 Å². The molecular formula is C12H16F2OS. The van der Waals surface area contributed by atoms with Crippen molar-refractivity contribution in [2.24, 2.45) is 0 Å². The van der Waals surface area contributed by atoms with Gasteiger partial charge < -0.3 is 5.11 Å². The summed E-state index contributed by atoms with van der Waals surface area (Å²) in [6.07, 6.45) is 0.551. The summed E-state index contributed by atoms with van der Waals surface area (Å²) in [6.45, 7) is 1.90. The Balaban J connectivity index is 2.52. The van der Waals surface area contributed by atoms with E-state index in [9.17, 15) is 8.78 Å². The van der Waals surface area contributed by atoms with Crippen LogP contribution in [0, 0.1) is 0 Å². The summed E-state index contributed by atoms with van der Waals surface area (Å²) in [5.41, 5.74) is 0.0544. The lowest BCUT2D eigenvalue weighted by atomic mass is 10.1. The summed E-state index contributed by atoms with van der Waals surface area (Å²) in [5.74, 6) is -3.03. The van der Waals surface area contributed by atoms with Crippen molar-refractivity contribution in [3.8, 4) is 0 Å². The number of aliphatic hydroxyl groups excluding tert-OH is 1. The molecule has 90 valence electrons. The zero-order chi connectivity index (χ0) is 12.0. The van der Waals surface area contributed by atoms with Gasteiger partial charge in [0.25, 0.3) is 5.92 Å². The molecule has 1 atom stereocenters. The number of hydrogen-bond acceptors (Lipinski definition) is 2. The molecular weight excluding hydrogens is 230 g/mol. The first kappa shape index (κ1) is 13.5. The van der Waals surface area contributed by atoms with Crippen LogP contribution in [0.25, 0.3) is 0 Å². The first-order valence-electron chi connectivity index (χ1n) is 5.22. The summed E-state index contributed by atoms with van der Waals surface area (Å²) in [7, 11) is 0. The Kier molecular flexibility index (Phi) is 5.22. The third-order valence-corrected chi connectivity index (χ3v) is 3.61. The molecule has 1 unspecified atom stereocenters. The first-order chi connectivity index (χ1) is 7.56. The maximum atomic E-state index is 13.7. The van der Waals surface area contributed by atoms with Crippen molar-refractivity contribution in [3.05, 3.63) is 35.9 Å². The third kappa shape index (κ3) is 4.10. The topological polar surface area (TPSA) is 20.2 Å². The number of benzene rings is 1. The van der Waals surface area contributed by atoms with Gasteiger partial charge in [-0.15, -0.1) is 0 Å². The molecule has 0 aromatic heterocycles. The second kappa shape index (κ2) is 6.21. The highest BCUT2D eigenvalue weighted by Gasteiger charge is 2.31. The third-order valence-electron chi connectivity index (χ3n) is 2.28. The second-order valence-corrected chi connectivity index (χ2v) is 5.13. The van der Waals surface area contributed by atoms with Gasteiger partial charge >= 0.3 is 0 Å². The minimum atomic E-state index is -2.80. The first-order valence-corrected chi connectivity index (χ1v) is 6.27. The Morgan fingerprint density at radius 3 is 2.50 bits per heavy atom.